The van der Waals surface area contributed by atoms with E-state index in [0.29, 0.717) is 0 Å². The second-order valence-corrected chi connectivity index (χ2v) is 6.25. The molecule has 1 atom stereocenters. The highest BCUT2D eigenvalue weighted by molar-refractivity contribution is 5.87. The molecule has 0 radical (unpaired) electrons. The number of amides is 1. The average molecular weight is 345 g/mol. The molecule has 0 saturated carbocycles. The van der Waals surface area contributed by atoms with E-state index in [2.05, 4.69) is 26.6 Å². The highest BCUT2D eigenvalue weighted by Gasteiger charge is 2.13. The van der Waals surface area contributed by atoms with E-state index in [9.17, 15) is 4.79 Å². The number of carbonyl (C=O) groups excluding carboxylic acids is 1. The van der Waals surface area contributed by atoms with Gasteiger partial charge in [-0.2, -0.15) is 5.10 Å². The van der Waals surface area contributed by atoms with Crippen LogP contribution in [0, 0.1) is 0 Å². The van der Waals surface area contributed by atoms with Crippen LogP contribution < -0.4 is 5.32 Å². The number of aromatic nitrogens is 4. The number of nitrogens with zero attached hydrogens (tertiary/aromatic N) is 3. The summed E-state index contributed by atoms with van der Waals surface area (Å²) in [4.78, 5) is 16.5. The fourth-order valence-corrected chi connectivity index (χ4v) is 3.05. The predicted molar refractivity (Wildman–Crippen MR) is 99.9 cm³/mol. The largest absolute Gasteiger partial charge is 0.349 e. The van der Waals surface area contributed by atoms with Crippen molar-refractivity contribution < 1.29 is 4.79 Å². The quantitative estimate of drug-likeness (QED) is 0.583. The lowest BCUT2D eigenvalue weighted by molar-refractivity contribution is -0.121. The Labute approximate surface area is 150 Å². The molecule has 6 nitrogen and oxygen atoms in total. The summed E-state index contributed by atoms with van der Waals surface area (Å²) in [7, 11) is 0. The number of benzene rings is 2. The van der Waals surface area contributed by atoms with Crippen molar-refractivity contribution in [2.24, 2.45) is 0 Å². The van der Waals surface area contributed by atoms with Gasteiger partial charge in [0.1, 0.15) is 0 Å². The molecule has 130 valence electrons. The van der Waals surface area contributed by atoms with Crippen molar-refractivity contribution in [2.75, 3.05) is 0 Å². The van der Waals surface area contributed by atoms with Gasteiger partial charge in [0.05, 0.1) is 30.0 Å². The monoisotopic (exact) mass is 345 g/mol. The summed E-state index contributed by atoms with van der Waals surface area (Å²) in [5.41, 5.74) is 3.76. The highest BCUT2D eigenvalue weighted by Crippen LogP contribution is 2.18. The molecule has 4 rings (SSSR count). The van der Waals surface area contributed by atoms with E-state index in [0.717, 1.165) is 27.8 Å². The molecule has 0 unspecified atom stereocenters. The van der Waals surface area contributed by atoms with E-state index in [4.69, 9.17) is 0 Å². The first-order valence-electron chi connectivity index (χ1n) is 8.50. The number of carbonyl (C=O) groups is 1. The lowest BCUT2D eigenvalue weighted by Crippen LogP contribution is -2.28. The van der Waals surface area contributed by atoms with Crippen LogP contribution in [0.2, 0.25) is 0 Å². The summed E-state index contributed by atoms with van der Waals surface area (Å²) >= 11 is 0. The molecule has 2 aromatic heterocycles. The molecule has 0 aliphatic carbocycles. The molecule has 4 aromatic rings. The van der Waals surface area contributed by atoms with Crippen molar-refractivity contribution in [1.82, 2.24) is 25.1 Å². The van der Waals surface area contributed by atoms with Crippen LogP contribution in [0.1, 0.15) is 24.2 Å². The molecule has 1 amide bonds. The maximum atomic E-state index is 12.5. The van der Waals surface area contributed by atoms with Crippen LogP contribution in [0.15, 0.2) is 67.3 Å². The summed E-state index contributed by atoms with van der Waals surface area (Å²) in [5.74, 6) is -0.0417. The van der Waals surface area contributed by atoms with Gasteiger partial charge < -0.3 is 9.88 Å². The van der Waals surface area contributed by atoms with Gasteiger partial charge in [-0.15, -0.1) is 0 Å². The maximum Gasteiger partial charge on any atom is 0.226 e. The van der Waals surface area contributed by atoms with Crippen molar-refractivity contribution in [3.63, 3.8) is 0 Å². The molecule has 0 aliphatic heterocycles. The smallest absolute Gasteiger partial charge is 0.226 e. The minimum Gasteiger partial charge on any atom is -0.349 e. The number of H-pyrrole nitrogens is 1. The summed E-state index contributed by atoms with van der Waals surface area (Å²) in [5, 5.41) is 11.2. The predicted octanol–water partition coefficient (Wildman–Crippen LogP) is 3.17. The zero-order chi connectivity index (χ0) is 17.9. The van der Waals surface area contributed by atoms with Gasteiger partial charge in [-0.3, -0.25) is 9.89 Å². The maximum absolute atomic E-state index is 12.5. The van der Waals surface area contributed by atoms with Crippen LogP contribution in [0.5, 0.6) is 0 Å². The Morgan fingerprint density at radius 3 is 2.96 bits per heavy atom. The summed E-state index contributed by atoms with van der Waals surface area (Å²) in [6.45, 7) is 1.98. The van der Waals surface area contributed by atoms with E-state index in [1.807, 2.05) is 60.2 Å². The van der Waals surface area contributed by atoms with Crippen LogP contribution in [0.3, 0.4) is 0 Å². The Morgan fingerprint density at radius 2 is 2.12 bits per heavy atom. The van der Waals surface area contributed by atoms with Gasteiger partial charge in [-0.1, -0.05) is 30.3 Å². The van der Waals surface area contributed by atoms with Crippen LogP contribution in [0.4, 0.5) is 0 Å². The van der Waals surface area contributed by atoms with Crippen molar-refractivity contribution in [3.8, 4) is 5.69 Å². The lowest BCUT2D eigenvalue weighted by atomic mass is 10.1. The Morgan fingerprint density at radius 1 is 1.23 bits per heavy atom. The Hall–Kier alpha value is -3.41. The van der Waals surface area contributed by atoms with Crippen molar-refractivity contribution in [2.45, 2.75) is 19.4 Å². The number of imidazole rings is 1. The average Bonchev–Trinajstić information content (AvgIpc) is 3.32. The van der Waals surface area contributed by atoms with Gasteiger partial charge in [-0.05, 0) is 30.7 Å². The number of aromatic amines is 1. The number of fused-ring (bicyclic) bond motifs is 1. The van der Waals surface area contributed by atoms with Crippen molar-refractivity contribution in [3.05, 3.63) is 78.5 Å². The third kappa shape index (κ3) is 3.21. The molecule has 2 N–H and O–H groups in total. The third-order valence-corrected chi connectivity index (χ3v) is 4.43. The molecule has 6 heteroatoms. The normalized spacial score (nSPS) is 12.2. The van der Waals surface area contributed by atoms with E-state index in [-0.39, 0.29) is 18.4 Å². The van der Waals surface area contributed by atoms with Gasteiger partial charge in [0.2, 0.25) is 5.91 Å². The minimum atomic E-state index is -0.0971. The topological polar surface area (TPSA) is 75.6 Å². The van der Waals surface area contributed by atoms with Crippen LogP contribution in [0.25, 0.3) is 16.6 Å². The molecule has 26 heavy (non-hydrogen) atoms. The number of hydrogen-bond acceptors (Lipinski definition) is 3. The fraction of sp³-hybridized carbons (Fsp3) is 0.150. The van der Waals surface area contributed by atoms with E-state index < -0.39 is 0 Å². The van der Waals surface area contributed by atoms with Gasteiger partial charge in [-0.25, -0.2) is 4.98 Å². The van der Waals surface area contributed by atoms with E-state index >= 15 is 0 Å². The summed E-state index contributed by atoms with van der Waals surface area (Å²) in [6, 6.07) is 15.7. The van der Waals surface area contributed by atoms with Crippen LogP contribution in [-0.4, -0.2) is 25.7 Å². The van der Waals surface area contributed by atoms with Crippen molar-refractivity contribution >= 4 is 16.8 Å². The van der Waals surface area contributed by atoms with Crippen molar-refractivity contribution in [1.29, 1.82) is 0 Å². The zero-order valence-corrected chi connectivity index (χ0v) is 14.4. The number of para-hydroxylation sites is 1. The zero-order valence-electron chi connectivity index (χ0n) is 14.4. The SMILES string of the molecule is C[C@H](NC(=O)Cc1[nH]nc2ccccc12)c1cccc(-n2ccnc2)c1. The summed E-state index contributed by atoms with van der Waals surface area (Å²) in [6.07, 6.45) is 5.66. The van der Waals surface area contributed by atoms with Crippen LogP contribution in [-0.2, 0) is 11.2 Å². The molecule has 0 fully saturated rings. The molecule has 2 aromatic carbocycles. The third-order valence-electron chi connectivity index (χ3n) is 4.43. The Balaban J connectivity index is 1.47. The Kier molecular flexibility index (Phi) is 4.23. The molecular formula is C20H19N5O. The lowest BCUT2D eigenvalue weighted by Gasteiger charge is -2.15. The van der Waals surface area contributed by atoms with E-state index in [1.54, 1.807) is 12.5 Å². The molecule has 0 aliphatic rings. The number of rotatable bonds is 5. The fourth-order valence-electron chi connectivity index (χ4n) is 3.05. The van der Waals surface area contributed by atoms with Gasteiger partial charge in [0.25, 0.3) is 0 Å². The first kappa shape index (κ1) is 16.1. The second-order valence-electron chi connectivity index (χ2n) is 6.25. The minimum absolute atomic E-state index is 0.0417. The molecule has 2 heterocycles. The molecular weight excluding hydrogens is 326 g/mol. The van der Waals surface area contributed by atoms with Gasteiger partial charge >= 0.3 is 0 Å². The summed E-state index contributed by atoms with van der Waals surface area (Å²) < 4.78 is 1.94. The van der Waals surface area contributed by atoms with Crippen LogP contribution >= 0.6 is 0 Å². The molecule has 0 bridgehead atoms. The first-order chi connectivity index (χ1) is 12.7. The standard InChI is InChI=1S/C20H19N5O/c1-14(15-5-4-6-16(11-15)25-10-9-21-13-25)22-20(26)12-19-17-7-2-3-8-18(17)23-24-19/h2-11,13-14H,12H2,1H3,(H,22,26)(H,23,24)/t14-/m0/s1. The van der Waals surface area contributed by atoms with Gasteiger partial charge in [0.15, 0.2) is 0 Å². The highest BCUT2D eigenvalue weighted by atomic mass is 16.1. The molecule has 0 saturated heterocycles. The molecule has 0 spiro atoms. The van der Waals surface area contributed by atoms with Gasteiger partial charge in [0, 0.05) is 23.5 Å². The second kappa shape index (κ2) is 6.84. The Bertz CT molecular complexity index is 1040. The first-order valence-corrected chi connectivity index (χ1v) is 8.50. The number of hydrogen-bond donors (Lipinski definition) is 2. The number of nitrogens with one attached hydrogen (secondary N) is 2. The van der Waals surface area contributed by atoms with E-state index in [1.165, 1.54) is 0 Å².